The normalized spacial score (nSPS) is 29.8. The summed E-state index contributed by atoms with van der Waals surface area (Å²) in [4.78, 5) is 51.9. The molecule has 14 heteroatoms. The molecule has 1 heterocycles. The molecule has 43 heavy (non-hydrogen) atoms. The first kappa shape index (κ1) is 29.5. The van der Waals surface area contributed by atoms with Crippen molar-refractivity contribution >= 4 is 23.7 Å². The second kappa shape index (κ2) is 10.4. The third kappa shape index (κ3) is 4.82. The number of hydrogen-bond acceptors (Lipinski definition) is 14. The largest absolute Gasteiger partial charge is 0.504 e. The predicted octanol–water partition coefficient (Wildman–Crippen LogP) is 1.38. The summed E-state index contributed by atoms with van der Waals surface area (Å²) < 4.78 is 16.5. The fourth-order valence-corrected chi connectivity index (χ4v) is 6.29. The zero-order chi connectivity index (χ0) is 31.5. The number of Topliss-reactive ketones (excluding diaryl/α,β-unsaturated/α-hetero) is 1. The Labute approximate surface area is 243 Å². The van der Waals surface area contributed by atoms with E-state index in [2.05, 4.69) is 6.58 Å². The Hall–Kier alpha value is -4.98. The molecule has 0 amide bonds. The van der Waals surface area contributed by atoms with Crippen molar-refractivity contribution in [1.82, 2.24) is 0 Å². The molecule has 0 aromatic heterocycles. The van der Waals surface area contributed by atoms with Gasteiger partial charge in [-0.2, -0.15) is 0 Å². The van der Waals surface area contributed by atoms with Gasteiger partial charge < -0.3 is 50.0 Å². The van der Waals surface area contributed by atoms with Gasteiger partial charge in [-0.05, 0) is 30.2 Å². The third-order valence-corrected chi connectivity index (χ3v) is 8.53. The SMILES string of the molecule is C=C1CC(OC(=O)c2cc(O)c(O)c(O)c2)C2C(OC(=O)C2(O)COC(=O)c2cc(O)c(O)c(O)c2)C2C(C)C(=O)CC12. The van der Waals surface area contributed by atoms with Gasteiger partial charge in [0, 0.05) is 24.7 Å². The fraction of sp³-hybridized carbons (Fsp3) is 0.379. The van der Waals surface area contributed by atoms with E-state index >= 15 is 0 Å². The molecule has 2 aromatic carbocycles. The number of aliphatic hydroxyl groups is 1. The maximum Gasteiger partial charge on any atom is 0.342 e. The predicted molar refractivity (Wildman–Crippen MR) is 140 cm³/mol. The summed E-state index contributed by atoms with van der Waals surface area (Å²) in [6.45, 7) is 4.66. The fourth-order valence-electron chi connectivity index (χ4n) is 6.29. The Kier molecular flexibility index (Phi) is 7.12. The lowest BCUT2D eigenvalue weighted by atomic mass is 9.75. The Morgan fingerprint density at radius 1 is 0.907 bits per heavy atom. The lowest BCUT2D eigenvalue weighted by Gasteiger charge is -2.34. The molecule has 228 valence electrons. The highest BCUT2D eigenvalue weighted by Gasteiger charge is 2.67. The van der Waals surface area contributed by atoms with Crippen LogP contribution in [0.4, 0.5) is 0 Å². The van der Waals surface area contributed by atoms with Crippen molar-refractivity contribution in [1.29, 1.82) is 0 Å². The zero-order valence-electron chi connectivity index (χ0n) is 22.6. The molecule has 0 radical (unpaired) electrons. The maximum atomic E-state index is 13.2. The number of carbonyl (C=O) groups is 4. The molecule has 14 nitrogen and oxygen atoms in total. The molecule has 7 unspecified atom stereocenters. The molecule has 0 spiro atoms. The zero-order valence-corrected chi connectivity index (χ0v) is 22.6. The van der Waals surface area contributed by atoms with Gasteiger partial charge >= 0.3 is 17.9 Å². The summed E-state index contributed by atoms with van der Waals surface area (Å²) in [6.07, 6.45) is -2.61. The van der Waals surface area contributed by atoms with E-state index in [1.54, 1.807) is 6.92 Å². The molecule has 3 aliphatic rings. The van der Waals surface area contributed by atoms with E-state index in [9.17, 15) is 54.9 Å². The van der Waals surface area contributed by atoms with Crippen LogP contribution in [0.1, 0.15) is 40.5 Å². The van der Waals surface area contributed by atoms with E-state index in [4.69, 9.17) is 14.2 Å². The highest BCUT2D eigenvalue weighted by molar-refractivity contribution is 5.93. The van der Waals surface area contributed by atoms with Crippen LogP contribution in [-0.4, -0.2) is 83.9 Å². The van der Waals surface area contributed by atoms with Crippen molar-refractivity contribution < 1.29 is 69.1 Å². The molecule has 3 fully saturated rings. The van der Waals surface area contributed by atoms with E-state index in [1.807, 2.05) is 0 Å². The minimum Gasteiger partial charge on any atom is -0.504 e. The number of carbonyl (C=O) groups excluding carboxylic acids is 4. The number of phenols is 6. The van der Waals surface area contributed by atoms with Gasteiger partial charge in [-0.1, -0.05) is 19.1 Å². The Bertz CT molecular complexity index is 1520. The van der Waals surface area contributed by atoms with E-state index < -0.39 is 106 Å². The van der Waals surface area contributed by atoms with Crippen molar-refractivity contribution in [2.45, 2.75) is 37.6 Å². The minimum absolute atomic E-state index is 0.0765. The van der Waals surface area contributed by atoms with Crippen LogP contribution in [-0.2, 0) is 23.8 Å². The quantitative estimate of drug-likeness (QED) is 0.111. The van der Waals surface area contributed by atoms with Gasteiger partial charge in [0.15, 0.2) is 34.5 Å². The molecular weight excluding hydrogens is 572 g/mol. The summed E-state index contributed by atoms with van der Waals surface area (Å²) in [5, 5.41) is 70.1. The second-order valence-corrected chi connectivity index (χ2v) is 11.1. The number of benzene rings is 2. The smallest absolute Gasteiger partial charge is 0.342 e. The molecule has 2 saturated carbocycles. The van der Waals surface area contributed by atoms with E-state index in [1.165, 1.54) is 0 Å². The summed E-state index contributed by atoms with van der Waals surface area (Å²) in [5.74, 6) is -11.9. The summed E-state index contributed by atoms with van der Waals surface area (Å²) in [7, 11) is 0. The van der Waals surface area contributed by atoms with Gasteiger partial charge in [0.1, 0.15) is 24.6 Å². The van der Waals surface area contributed by atoms with Crippen LogP contribution in [0.25, 0.3) is 0 Å². The van der Waals surface area contributed by atoms with Gasteiger partial charge in [-0.3, -0.25) is 4.79 Å². The average molecular weight is 601 g/mol. The van der Waals surface area contributed by atoms with Crippen LogP contribution in [0.5, 0.6) is 34.5 Å². The molecule has 7 atom stereocenters. The molecule has 2 aliphatic carbocycles. The first-order valence-corrected chi connectivity index (χ1v) is 13.2. The van der Waals surface area contributed by atoms with Gasteiger partial charge in [-0.25, -0.2) is 14.4 Å². The van der Waals surface area contributed by atoms with E-state index in [0.717, 1.165) is 24.3 Å². The van der Waals surface area contributed by atoms with Gasteiger partial charge in [0.05, 0.1) is 17.0 Å². The number of ketones is 1. The molecule has 5 rings (SSSR count). The van der Waals surface area contributed by atoms with Gasteiger partial charge in [0.2, 0.25) is 5.60 Å². The number of rotatable bonds is 5. The first-order chi connectivity index (χ1) is 20.1. The van der Waals surface area contributed by atoms with Crippen molar-refractivity contribution in [3.05, 3.63) is 47.5 Å². The number of phenolic OH excluding ortho intramolecular Hbond substituents is 6. The van der Waals surface area contributed by atoms with Crippen molar-refractivity contribution in [3.8, 4) is 34.5 Å². The third-order valence-electron chi connectivity index (χ3n) is 8.53. The molecule has 7 N–H and O–H groups in total. The second-order valence-electron chi connectivity index (χ2n) is 11.1. The summed E-state index contributed by atoms with van der Waals surface area (Å²) >= 11 is 0. The van der Waals surface area contributed by atoms with Gasteiger partial charge in [0.25, 0.3) is 0 Å². The average Bonchev–Trinajstić information content (AvgIpc) is 3.34. The van der Waals surface area contributed by atoms with E-state index in [-0.39, 0.29) is 24.2 Å². The number of hydrogen-bond donors (Lipinski definition) is 7. The Balaban J connectivity index is 1.50. The van der Waals surface area contributed by atoms with Crippen LogP contribution in [0.2, 0.25) is 0 Å². The molecule has 1 aliphatic heterocycles. The Morgan fingerprint density at radius 3 is 1.95 bits per heavy atom. The maximum absolute atomic E-state index is 13.2. The standard InChI is InChI=1S/C29H28O14/c1-10-3-20(42-27(38)13-6-18(33)24(36)19(34)7-13)22-25(21-11(2)15(30)8-14(10)21)43-28(39)29(22,40)9-41-26(37)12-4-16(31)23(35)17(32)5-12/h4-7,11,14,20-22,25,31-36,40H,1,3,8-9H2,2H3. The minimum atomic E-state index is -2.62. The molecular formula is C29H28O14. The van der Waals surface area contributed by atoms with Crippen molar-refractivity contribution in [3.63, 3.8) is 0 Å². The van der Waals surface area contributed by atoms with Crippen LogP contribution >= 0.6 is 0 Å². The first-order valence-electron chi connectivity index (χ1n) is 13.2. The molecule has 1 saturated heterocycles. The van der Waals surface area contributed by atoms with Crippen molar-refractivity contribution in [2.24, 2.45) is 23.7 Å². The number of fused-ring (bicyclic) bond motifs is 3. The monoisotopic (exact) mass is 600 g/mol. The van der Waals surface area contributed by atoms with E-state index in [0.29, 0.717) is 5.57 Å². The van der Waals surface area contributed by atoms with Crippen LogP contribution in [0, 0.1) is 23.7 Å². The van der Waals surface area contributed by atoms with Crippen LogP contribution in [0.3, 0.4) is 0 Å². The van der Waals surface area contributed by atoms with Crippen LogP contribution < -0.4 is 0 Å². The van der Waals surface area contributed by atoms with Crippen molar-refractivity contribution in [2.75, 3.05) is 6.61 Å². The van der Waals surface area contributed by atoms with Gasteiger partial charge in [-0.15, -0.1) is 0 Å². The topological polar surface area (TPSA) is 238 Å². The molecule has 0 bridgehead atoms. The summed E-state index contributed by atoms with van der Waals surface area (Å²) in [5.41, 5.74) is -2.95. The summed E-state index contributed by atoms with van der Waals surface area (Å²) in [6, 6.07) is 3.25. The van der Waals surface area contributed by atoms with Crippen LogP contribution in [0.15, 0.2) is 36.4 Å². The number of aromatic hydroxyl groups is 6. The number of esters is 3. The lowest BCUT2D eigenvalue weighted by Crippen LogP contribution is -2.53. The molecule has 2 aromatic rings. The highest BCUT2D eigenvalue weighted by atomic mass is 16.6. The number of ether oxygens (including phenoxy) is 3. The highest BCUT2D eigenvalue weighted by Crippen LogP contribution is 2.53. The Morgan fingerprint density at radius 2 is 1.42 bits per heavy atom. The lowest BCUT2D eigenvalue weighted by molar-refractivity contribution is -0.161.